The molecule has 0 spiro atoms. The lowest BCUT2D eigenvalue weighted by molar-refractivity contribution is -0.106. The minimum absolute atomic E-state index is 0.00806. The fourth-order valence-corrected chi connectivity index (χ4v) is 1.95. The molecule has 0 atom stereocenters. The van der Waals surface area contributed by atoms with E-state index in [1.54, 1.807) is 6.92 Å². The van der Waals surface area contributed by atoms with Crippen molar-refractivity contribution in [1.29, 1.82) is 0 Å². The van der Waals surface area contributed by atoms with Gasteiger partial charge in [-0.15, -0.1) is 0 Å². The molecule has 2 heterocycles. The van der Waals surface area contributed by atoms with Gasteiger partial charge in [-0.25, -0.2) is 18.8 Å². The molecular formula is C13H11ClFN3O4. The molecule has 0 fully saturated rings. The van der Waals surface area contributed by atoms with Gasteiger partial charge in [-0.3, -0.25) is 4.79 Å². The van der Waals surface area contributed by atoms with Crippen LogP contribution in [-0.2, 0) is 9.53 Å². The van der Waals surface area contributed by atoms with Crippen LogP contribution in [0.1, 0.15) is 17.3 Å². The van der Waals surface area contributed by atoms with Crippen LogP contribution >= 0.6 is 11.6 Å². The molecule has 0 aliphatic carbocycles. The first-order valence-electron chi connectivity index (χ1n) is 6.25. The first-order chi connectivity index (χ1) is 10.5. The molecule has 1 N–H and O–H groups in total. The lowest BCUT2D eigenvalue weighted by Gasteiger charge is -2.13. The zero-order chi connectivity index (χ0) is 16.3. The van der Waals surface area contributed by atoms with Gasteiger partial charge in [0.25, 0.3) is 0 Å². The number of aromatic nitrogens is 2. The molecule has 0 unspecified atom stereocenters. The van der Waals surface area contributed by atoms with Gasteiger partial charge in [0.05, 0.1) is 18.5 Å². The summed E-state index contributed by atoms with van der Waals surface area (Å²) < 4.78 is 19.5. The Balaban J connectivity index is 2.75. The average Bonchev–Trinajstić information content (AvgIpc) is 2.49. The summed E-state index contributed by atoms with van der Waals surface area (Å²) in [7, 11) is 0. The van der Waals surface area contributed by atoms with E-state index in [0.29, 0.717) is 6.29 Å². The van der Waals surface area contributed by atoms with Gasteiger partial charge < -0.3 is 15.0 Å². The van der Waals surface area contributed by atoms with Crippen LogP contribution in [0.25, 0.3) is 11.0 Å². The quantitative estimate of drug-likeness (QED) is 0.502. The van der Waals surface area contributed by atoms with E-state index in [4.69, 9.17) is 16.3 Å². The number of hydrogen-bond donors (Lipinski definition) is 1. The van der Waals surface area contributed by atoms with Gasteiger partial charge in [-0.05, 0) is 13.0 Å². The normalized spacial score (nSPS) is 10.5. The van der Waals surface area contributed by atoms with Crippen molar-refractivity contribution in [2.45, 2.75) is 6.92 Å². The average molecular weight is 328 g/mol. The fraction of sp³-hybridized carbons (Fsp3) is 0.231. The third kappa shape index (κ3) is 2.91. The Kier molecular flexibility index (Phi) is 4.71. The Bertz CT molecular complexity index is 806. The topological polar surface area (TPSA) is 90.3 Å². The van der Waals surface area contributed by atoms with Crippen LogP contribution in [0, 0.1) is 5.82 Å². The zero-order valence-electron chi connectivity index (χ0n) is 11.4. The molecule has 2 aromatic rings. The molecule has 0 aromatic carbocycles. The molecule has 0 amide bonds. The first-order valence-corrected chi connectivity index (χ1v) is 6.63. The van der Waals surface area contributed by atoms with Gasteiger partial charge in [0, 0.05) is 6.20 Å². The van der Waals surface area contributed by atoms with E-state index in [0.717, 1.165) is 16.9 Å². The van der Waals surface area contributed by atoms with Crippen molar-refractivity contribution in [3.63, 3.8) is 0 Å². The van der Waals surface area contributed by atoms with Crippen LogP contribution in [0.15, 0.2) is 17.1 Å². The molecule has 9 heteroatoms. The van der Waals surface area contributed by atoms with E-state index < -0.39 is 22.4 Å². The van der Waals surface area contributed by atoms with E-state index in [9.17, 15) is 18.8 Å². The summed E-state index contributed by atoms with van der Waals surface area (Å²) in [6.07, 6.45) is 1.70. The number of nitrogens with zero attached hydrogens (tertiary/aromatic N) is 2. The number of fused-ring (bicyclic) bond motifs is 1. The van der Waals surface area contributed by atoms with Crippen molar-refractivity contribution in [3.8, 4) is 0 Å². The summed E-state index contributed by atoms with van der Waals surface area (Å²) in [5.41, 5.74) is 1.55. The number of hydrogen-bond acceptors (Lipinski definition) is 6. The minimum atomic E-state index is -0.894. The molecule has 22 heavy (non-hydrogen) atoms. The van der Waals surface area contributed by atoms with E-state index in [-0.39, 0.29) is 29.7 Å². The van der Waals surface area contributed by atoms with Crippen LogP contribution in [0.4, 0.5) is 4.39 Å². The molecule has 2 rings (SSSR count). The number of carbonyl (C=O) groups is 2. The third-order valence-corrected chi connectivity index (χ3v) is 2.99. The lowest BCUT2D eigenvalue weighted by Crippen LogP contribution is -2.26. The van der Waals surface area contributed by atoms with E-state index in [1.807, 2.05) is 0 Å². The Morgan fingerprint density at radius 1 is 1.59 bits per heavy atom. The van der Waals surface area contributed by atoms with E-state index in [2.05, 4.69) is 10.4 Å². The number of rotatable bonds is 5. The van der Waals surface area contributed by atoms with Gasteiger partial charge in [0.15, 0.2) is 16.6 Å². The molecule has 0 saturated carbocycles. The highest BCUT2D eigenvalue weighted by atomic mass is 35.5. The first kappa shape index (κ1) is 15.9. The van der Waals surface area contributed by atoms with Crippen LogP contribution in [-0.4, -0.2) is 35.1 Å². The number of pyridine rings is 2. The number of aldehydes is 1. The second-order valence-corrected chi connectivity index (χ2v) is 4.48. The minimum Gasteiger partial charge on any atom is -0.462 e. The summed E-state index contributed by atoms with van der Waals surface area (Å²) in [5.74, 6) is -1.75. The van der Waals surface area contributed by atoms with Gasteiger partial charge in [0.2, 0.25) is 5.43 Å². The monoisotopic (exact) mass is 327 g/mol. The van der Waals surface area contributed by atoms with Crippen LogP contribution in [0.3, 0.4) is 0 Å². The fourth-order valence-electron chi connectivity index (χ4n) is 1.81. The second kappa shape index (κ2) is 6.52. The molecule has 0 radical (unpaired) electrons. The van der Waals surface area contributed by atoms with Crippen molar-refractivity contribution in [2.75, 3.05) is 18.6 Å². The summed E-state index contributed by atoms with van der Waals surface area (Å²) >= 11 is 5.61. The second-order valence-electron chi connectivity index (χ2n) is 4.12. The summed E-state index contributed by atoms with van der Waals surface area (Å²) in [6, 6.07) is 0.884. The highest BCUT2D eigenvalue weighted by Crippen LogP contribution is 2.17. The molecule has 2 aromatic heterocycles. The summed E-state index contributed by atoms with van der Waals surface area (Å²) in [6.45, 7) is 1.55. The molecular weight excluding hydrogens is 317 g/mol. The summed E-state index contributed by atoms with van der Waals surface area (Å²) in [5, 5.41) is -0.594. The Labute approximate surface area is 128 Å². The van der Waals surface area contributed by atoms with Crippen molar-refractivity contribution in [1.82, 2.24) is 9.66 Å². The number of halogens is 2. The highest BCUT2D eigenvalue weighted by Gasteiger charge is 2.19. The van der Waals surface area contributed by atoms with Crippen molar-refractivity contribution < 1.29 is 18.7 Å². The lowest BCUT2D eigenvalue weighted by atomic mass is 10.2. The molecule has 0 aliphatic rings. The molecule has 7 nitrogen and oxygen atoms in total. The van der Waals surface area contributed by atoms with Crippen molar-refractivity contribution in [3.05, 3.63) is 39.0 Å². The number of nitrogens with one attached hydrogen (secondary N) is 1. The maximum Gasteiger partial charge on any atom is 0.343 e. The molecule has 0 bridgehead atoms. The Morgan fingerprint density at radius 3 is 2.95 bits per heavy atom. The Hall–Kier alpha value is -2.48. The van der Waals surface area contributed by atoms with Gasteiger partial charge >= 0.3 is 5.97 Å². The molecule has 0 aliphatic heterocycles. The van der Waals surface area contributed by atoms with Crippen LogP contribution in [0.2, 0.25) is 5.15 Å². The van der Waals surface area contributed by atoms with Gasteiger partial charge in [-0.1, -0.05) is 11.6 Å². The maximum atomic E-state index is 13.6. The zero-order valence-corrected chi connectivity index (χ0v) is 12.2. The highest BCUT2D eigenvalue weighted by molar-refractivity contribution is 6.29. The largest absolute Gasteiger partial charge is 0.462 e. The number of ether oxygens (including phenoxy) is 1. The van der Waals surface area contributed by atoms with Crippen molar-refractivity contribution in [2.24, 2.45) is 0 Å². The smallest absolute Gasteiger partial charge is 0.343 e. The number of esters is 1. The molecule has 0 saturated heterocycles. The van der Waals surface area contributed by atoms with Crippen LogP contribution < -0.4 is 10.9 Å². The third-order valence-electron chi connectivity index (χ3n) is 2.73. The maximum absolute atomic E-state index is 13.6. The predicted octanol–water partition coefficient (Wildman–Crippen LogP) is 1.11. The Morgan fingerprint density at radius 2 is 2.32 bits per heavy atom. The standard InChI is InChI=1S/C13H11ClFN3O4/c1-2-22-13(21)8-6-18(16-3-4-19)12-7(10(8)20)5-9(15)11(14)17-12/h4-6,16H,2-3H2,1H3. The number of carbonyl (C=O) groups excluding carboxylic acids is 2. The van der Waals surface area contributed by atoms with Gasteiger partial charge in [0.1, 0.15) is 11.8 Å². The van der Waals surface area contributed by atoms with Gasteiger partial charge in [-0.2, -0.15) is 0 Å². The van der Waals surface area contributed by atoms with Crippen LogP contribution in [0.5, 0.6) is 0 Å². The summed E-state index contributed by atoms with van der Waals surface area (Å²) in [4.78, 5) is 38.3. The SMILES string of the molecule is CCOC(=O)c1cn(NCC=O)c2nc(Cl)c(F)cc2c1=O. The van der Waals surface area contributed by atoms with E-state index in [1.165, 1.54) is 0 Å². The molecule has 116 valence electrons. The van der Waals surface area contributed by atoms with Crippen molar-refractivity contribution >= 4 is 34.9 Å². The predicted molar refractivity (Wildman–Crippen MR) is 77.2 cm³/mol. The van der Waals surface area contributed by atoms with E-state index >= 15 is 0 Å².